The smallest absolute Gasteiger partial charge is 0.245 e. The molecule has 2 rings (SSSR count). The van der Waals surface area contributed by atoms with Gasteiger partial charge in [-0.15, -0.1) is 0 Å². The molecule has 188 valence electrons. The number of rotatable bonds is 6. The van der Waals surface area contributed by atoms with Crippen LogP contribution in [0.25, 0.3) is 0 Å². The Balaban J connectivity index is 2.42. The van der Waals surface area contributed by atoms with E-state index in [2.05, 4.69) is 16.0 Å². The van der Waals surface area contributed by atoms with Crippen molar-refractivity contribution in [3.63, 3.8) is 0 Å². The lowest BCUT2D eigenvalue weighted by atomic mass is 9.96. The molecule has 10 nitrogen and oxygen atoms in total. The topological polar surface area (TPSA) is 137 Å². The summed E-state index contributed by atoms with van der Waals surface area (Å²) in [7, 11) is 3.03. The van der Waals surface area contributed by atoms with Gasteiger partial charge < -0.3 is 30.7 Å². The zero-order valence-corrected chi connectivity index (χ0v) is 20.6. The number of likely N-dealkylation sites (N-methyl/N-ethyl adjacent to an activating group) is 1. The number of nitrogens with one attached hydrogen (secondary N) is 3. The molecule has 1 saturated heterocycles. The molecule has 1 fully saturated rings. The van der Waals surface area contributed by atoms with Crippen LogP contribution in [0.1, 0.15) is 39.7 Å². The molecule has 6 atom stereocenters. The van der Waals surface area contributed by atoms with Gasteiger partial charge in [0.25, 0.3) is 0 Å². The highest BCUT2D eigenvalue weighted by Gasteiger charge is 2.38. The van der Waals surface area contributed by atoms with Crippen LogP contribution in [0.2, 0.25) is 0 Å². The van der Waals surface area contributed by atoms with Gasteiger partial charge in [-0.2, -0.15) is 0 Å². The lowest BCUT2D eigenvalue weighted by molar-refractivity contribution is -0.145. The molecule has 0 aliphatic carbocycles. The van der Waals surface area contributed by atoms with Crippen molar-refractivity contribution in [1.29, 1.82) is 0 Å². The highest BCUT2D eigenvalue weighted by atomic mass is 16.5. The van der Waals surface area contributed by atoms with Gasteiger partial charge in [-0.1, -0.05) is 32.4 Å². The van der Waals surface area contributed by atoms with E-state index >= 15 is 0 Å². The van der Waals surface area contributed by atoms with Crippen LogP contribution in [0.15, 0.2) is 24.3 Å². The third-order valence-corrected chi connectivity index (χ3v) is 6.38. The zero-order valence-electron chi connectivity index (χ0n) is 20.6. The van der Waals surface area contributed by atoms with Crippen LogP contribution in [0.4, 0.5) is 0 Å². The minimum atomic E-state index is -1.30. The van der Waals surface area contributed by atoms with Gasteiger partial charge in [0.05, 0.1) is 13.2 Å². The largest absolute Gasteiger partial charge is 0.497 e. The SMILES string of the molecule is CCC(C)C1NC(=O)C(C(C)O)NC(=O)C(Cc2ccc(OC)cc2)NC(=O)C(C)N(C)C1=O. The molecule has 4 amide bonds. The summed E-state index contributed by atoms with van der Waals surface area (Å²) in [6.07, 6.45) is -0.496. The average molecular weight is 477 g/mol. The van der Waals surface area contributed by atoms with Crippen LogP contribution < -0.4 is 20.7 Å². The van der Waals surface area contributed by atoms with E-state index in [4.69, 9.17) is 4.74 Å². The lowest BCUT2D eigenvalue weighted by Gasteiger charge is -2.34. The van der Waals surface area contributed by atoms with Gasteiger partial charge in [-0.25, -0.2) is 0 Å². The molecule has 1 aliphatic rings. The van der Waals surface area contributed by atoms with Gasteiger partial charge in [-0.05, 0) is 37.5 Å². The molecule has 1 heterocycles. The molecule has 1 aromatic rings. The second kappa shape index (κ2) is 11.8. The van der Waals surface area contributed by atoms with Crippen molar-refractivity contribution >= 4 is 23.6 Å². The summed E-state index contributed by atoms with van der Waals surface area (Å²) in [5, 5.41) is 18.2. The number of hydrogen-bond donors (Lipinski definition) is 4. The van der Waals surface area contributed by atoms with Gasteiger partial charge in [0.2, 0.25) is 23.6 Å². The summed E-state index contributed by atoms with van der Waals surface area (Å²) in [5.41, 5.74) is 0.750. The summed E-state index contributed by atoms with van der Waals surface area (Å²) in [6.45, 7) is 6.64. The molecule has 6 unspecified atom stereocenters. The number of benzene rings is 1. The fourth-order valence-electron chi connectivity index (χ4n) is 3.67. The zero-order chi connectivity index (χ0) is 25.6. The Hall–Kier alpha value is -3.14. The first kappa shape index (κ1) is 27.1. The van der Waals surface area contributed by atoms with Gasteiger partial charge in [0.15, 0.2) is 0 Å². The normalized spacial score (nSPS) is 26.4. The highest BCUT2D eigenvalue weighted by molar-refractivity contribution is 5.97. The van der Waals surface area contributed by atoms with Crippen LogP contribution in [0, 0.1) is 5.92 Å². The molecule has 4 N–H and O–H groups in total. The van der Waals surface area contributed by atoms with Crippen molar-refractivity contribution < 1.29 is 29.0 Å². The van der Waals surface area contributed by atoms with Gasteiger partial charge >= 0.3 is 0 Å². The number of amides is 4. The molecule has 0 spiro atoms. The quantitative estimate of drug-likeness (QED) is 0.455. The molecule has 0 aromatic heterocycles. The second-order valence-electron chi connectivity index (χ2n) is 8.84. The van der Waals surface area contributed by atoms with E-state index in [1.807, 2.05) is 13.8 Å². The van der Waals surface area contributed by atoms with Crippen LogP contribution in [0.5, 0.6) is 5.75 Å². The average Bonchev–Trinajstić information content (AvgIpc) is 2.82. The van der Waals surface area contributed by atoms with Crippen LogP contribution in [-0.2, 0) is 25.6 Å². The van der Waals surface area contributed by atoms with E-state index in [-0.39, 0.29) is 12.3 Å². The molecule has 10 heteroatoms. The van der Waals surface area contributed by atoms with Crippen molar-refractivity contribution in [1.82, 2.24) is 20.9 Å². The van der Waals surface area contributed by atoms with Crippen LogP contribution in [-0.4, -0.2) is 78.1 Å². The summed E-state index contributed by atoms with van der Waals surface area (Å²) in [5.74, 6) is -1.80. The van der Waals surface area contributed by atoms with Crippen LogP contribution in [0.3, 0.4) is 0 Å². The van der Waals surface area contributed by atoms with Crippen molar-refractivity contribution in [2.45, 2.75) is 70.8 Å². The molecular formula is C24H36N4O6. The number of ether oxygens (including phenoxy) is 1. The number of aliphatic hydroxyl groups excluding tert-OH is 1. The number of nitrogens with zero attached hydrogens (tertiary/aromatic N) is 1. The summed E-state index contributed by atoms with van der Waals surface area (Å²) < 4.78 is 5.15. The first-order chi connectivity index (χ1) is 16.0. The molecule has 1 aromatic carbocycles. The minimum absolute atomic E-state index is 0.135. The van der Waals surface area contributed by atoms with Crippen molar-refractivity contribution in [3.05, 3.63) is 29.8 Å². The third-order valence-electron chi connectivity index (χ3n) is 6.38. The second-order valence-corrected chi connectivity index (χ2v) is 8.84. The Bertz CT molecular complexity index is 888. The minimum Gasteiger partial charge on any atom is -0.497 e. The number of carbonyl (C=O) groups is 4. The van der Waals surface area contributed by atoms with E-state index in [1.54, 1.807) is 38.3 Å². The highest BCUT2D eigenvalue weighted by Crippen LogP contribution is 2.16. The third kappa shape index (κ3) is 6.47. The summed E-state index contributed by atoms with van der Waals surface area (Å²) in [6, 6.07) is 2.88. The fraction of sp³-hybridized carbons (Fsp3) is 0.583. The number of hydrogen-bond acceptors (Lipinski definition) is 6. The molecular weight excluding hydrogens is 440 g/mol. The van der Waals surface area contributed by atoms with E-state index in [1.165, 1.54) is 18.9 Å². The van der Waals surface area contributed by atoms with Gasteiger partial charge in [0, 0.05) is 13.5 Å². The standard InChI is InChI=1S/C24H36N4O6/c1-7-13(2)19-24(33)28(5)14(3)21(30)25-18(12-16-8-10-17(34-6)11-9-16)22(31)27-20(15(4)29)23(32)26-19/h8-11,13-15,18-20,29H,7,12H2,1-6H3,(H,25,30)(H,26,32)(H,27,31). The van der Waals surface area contributed by atoms with E-state index in [0.717, 1.165) is 5.56 Å². The van der Waals surface area contributed by atoms with E-state index in [9.17, 15) is 24.3 Å². The van der Waals surface area contributed by atoms with Gasteiger partial charge in [0.1, 0.15) is 29.9 Å². The predicted octanol–water partition coefficient (Wildman–Crippen LogP) is -0.0205. The Labute approximate surface area is 200 Å². The number of carbonyl (C=O) groups excluding carboxylic acids is 4. The Kier molecular flexibility index (Phi) is 9.43. The number of aliphatic hydroxyl groups is 1. The first-order valence-corrected chi connectivity index (χ1v) is 11.5. The van der Waals surface area contributed by atoms with Crippen molar-refractivity contribution in [3.8, 4) is 5.75 Å². The Morgan fingerprint density at radius 2 is 1.56 bits per heavy atom. The lowest BCUT2D eigenvalue weighted by Crippen LogP contribution is -2.64. The molecule has 0 bridgehead atoms. The van der Waals surface area contributed by atoms with Crippen LogP contribution >= 0.6 is 0 Å². The van der Waals surface area contributed by atoms with Crippen molar-refractivity contribution in [2.24, 2.45) is 5.92 Å². The van der Waals surface area contributed by atoms with Crippen molar-refractivity contribution in [2.75, 3.05) is 14.2 Å². The Morgan fingerprint density at radius 1 is 0.971 bits per heavy atom. The number of methoxy groups -OCH3 is 1. The van der Waals surface area contributed by atoms with E-state index < -0.39 is 53.9 Å². The van der Waals surface area contributed by atoms with E-state index in [0.29, 0.717) is 12.2 Å². The molecule has 0 radical (unpaired) electrons. The summed E-state index contributed by atoms with van der Waals surface area (Å²) in [4.78, 5) is 53.7. The molecule has 1 aliphatic heterocycles. The molecule has 0 saturated carbocycles. The predicted molar refractivity (Wildman–Crippen MR) is 126 cm³/mol. The maximum atomic E-state index is 13.2. The fourth-order valence-corrected chi connectivity index (χ4v) is 3.67. The Morgan fingerprint density at radius 3 is 2.09 bits per heavy atom. The van der Waals surface area contributed by atoms with Gasteiger partial charge in [-0.3, -0.25) is 19.2 Å². The maximum absolute atomic E-state index is 13.2. The monoisotopic (exact) mass is 476 g/mol. The first-order valence-electron chi connectivity index (χ1n) is 11.5. The molecule has 34 heavy (non-hydrogen) atoms. The maximum Gasteiger partial charge on any atom is 0.245 e. The summed E-state index contributed by atoms with van der Waals surface area (Å²) >= 11 is 0.